The SMILES string of the molecule is Cc1cc(C)cc(Nc2cncc(C(=O)N3CCOCC3)c2)c1. The molecule has 1 aromatic carbocycles. The lowest BCUT2D eigenvalue weighted by molar-refractivity contribution is 0.0302. The summed E-state index contributed by atoms with van der Waals surface area (Å²) in [5.41, 5.74) is 4.80. The van der Waals surface area contributed by atoms with E-state index in [0.29, 0.717) is 31.9 Å². The fraction of sp³-hybridized carbons (Fsp3) is 0.333. The first kappa shape index (κ1) is 15.5. The maximum absolute atomic E-state index is 12.5. The zero-order chi connectivity index (χ0) is 16.2. The van der Waals surface area contributed by atoms with E-state index in [2.05, 4.69) is 42.3 Å². The van der Waals surface area contributed by atoms with Crippen molar-refractivity contribution in [3.05, 3.63) is 53.3 Å². The molecule has 0 bridgehead atoms. The number of nitrogens with zero attached hydrogens (tertiary/aromatic N) is 2. The first-order chi connectivity index (χ1) is 11.1. The molecule has 1 saturated heterocycles. The van der Waals surface area contributed by atoms with Crippen LogP contribution in [0.1, 0.15) is 21.5 Å². The van der Waals surface area contributed by atoms with Crippen LogP contribution in [0, 0.1) is 13.8 Å². The lowest BCUT2D eigenvalue weighted by Crippen LogP contribution is -2.40. The number of anilines is 2. The molecular weight excluding hydrogens is 290 g/mol. The molecule has 5 nitrogen and oxygen atoms in total. The molecule has 0 aliphatic carbocycles. The number of carbonyl (C=O) groups excluding carboxylic acids is 1. The molecule has 1 aliphatic heterocycles. The van der Waals surface area contributed by atoms with Gasteiger partial charge in [-0.05, 0) is 43.2 Å². The van der Waals surface area contributed by atoms with Crippen molar-refractivity contribution < 1.29 is 9.53 Å². The molecule has 0 radical (unpaired) electrons. The van der Waals surface area contributed by atoms with Gasteiger partial charge in [0.1, 0.15) is 0 Å². The second-order valence-electron chi connectivity index (χ2n) is 5.87. The van der Waals surface area contributed by atoms with E-state index in [1.165, 1.54) is 11.1 Å². The topological polar surface area (TPSA) is 54.5 Å². The van der Waals surface area contributed by atoms with Crippen molar-refractivity contribution in [2.45, 2.75) is 13.8 Å². The van der Waals surface area contributed by atoms with E-state index in [-0.39, 0.29) is 5.91 Å². The number of nitrogens with one attached hydrogen (secondary N) is 1. The van der Waals surface area contributed by atoms with Crippen LogP contribution in [0.15, 0.2) is 36.7 Å². The quantitative estimate of drug-likeness (QED) is 0.947. The number of rotatable bonds is 3. The van der Waals surface area contributed by atoms with Crippen molar-refractivity contribution in [2.75, 3.05) is 31.6 Å². The highest BCUT2D eigenvalue weighted by Crippen LogP contribution is 2.20. The summed E-state index contributed by atoms with van der Waals surface area (Å²) in [7, 11) is 0. The van der Waals surface area contributed by atoms with Crippen LogP contribution in [0.5, 0.6) is 0 Å². The minimum absolute atomic E-state index is 0.00451. The molecule has 3 rings (SSSR count). The Kier molecular flexibility index (Phi) is 4.57. The molecule has 1 amide bonds. The summed E-state index contributed by atoms with van der Waals surface area (Å²) < 4.78 is 5.29. The molecule has 0 atom stereocenters. The van der Waals surface area contributed by atoms with Crippen LogP contribution in [0.2, 0.25) is 0 Å². The predicted molar refractivity (Wildman–Crippen MR) is 90.2 cm³/mol. The normalized spacial score (nSPS) is 14.6. The van der Waals surface area contributed by atoms with Crippen molar-refractivity contribution in [3.63, 3.8) is 0 Å². The third-order valence-electron chi connectivity index (χ3n) is 3.79. The van der Waals surface area contributed by atoms with E-state index in [1.807, 2.05) is 6.07 Å². The molecule has 0 saturated carbocycles. The summed E-state index contributed by atoms with van der Waals surface area (Å²) in [5.74, 6) is 0.00451. The molecule has 5 heteroatoms. The second-order valence-corrected chi connectivity index (χ2v) is 5.87. The Morgan fingerprint density at radius 2 is 1.74 bits per heavy atom. The molecular formula is C18H21N3O2. The van der Waals surface area contributed by atoms with Crippen LogP contribution >= 0.6 is 0 Å². The van der Waals surface area contributed by atoms with Gasteiger partial charge in [0, 0.05) is 25.0 Å². The van der Waals surface area contributed by atoms with Crippen LogP contribution in [-0.2, 0) is 4.74 Å². The highest BCUT2D eigenvalue weighted by Gasteiger charge is 2.19. The average molecular weight is 311 g/mol. The number of ether oxygens (including phenoxy) is 1. The van der Waals surface area contributed by atoms with E-state index in [0.717, 1.165) is 11.4 Å². The van der Waals surface area contributed by atoms with E-state index < -0.39 is 0 Å². The minimum Gasteiger partial charge on any atom is -0.378 e. The Morgan fingerprint density at radius 1 is 1.04 bits per heavy atom. The Morgan fingerprint density at radius 3 is 2.43 bits per heavy atom. The number of hydrogen-bond acceptors (Lipinski definition) is 4. The van der Waals surface area contributed by atoms with Gasteiger partial charge in [-0.1, -0.05) is 6.07 Å². The van der Waals surface area contributed by atoms with Gasteiger partial charge in [-0.3, -0.25) is 9.78 Å². The lowest BCUT2D eigenvalue weighted by atomic mass is 10.1. The third kappa shape index (κ3) is 3.87. The van der Waals surface area contributed by atoms with Crippen LogP contribution < -0.4 is 5.32 Å². The summed E-state index contributed by atoms with van der Waals surface area (Å²) >= 11 is 0. The van der Waals surface area contributed by atoms with Gasteiger partial charge in [0.2, 0.25) is 0 Å². The Balaban J connectivity index is 1.77. The van der Waals surface area contributed by atoms with Crippen molar-refractivity contribution >= 4 is 17.3 Å². The fourth-order valence-corrected chi connectivity index (χ4v) is 2.79. The largest absolute Gasteiger partial charge is 0.378 e. The van der Waals surface area contributed by atoms with E-state index in [9.17, 15) is 4.79 Å². The average Bonchev–Trinajstić information content (AvgIpc) is 2.54. The zero-order valence-electron chi connectivity index (χ0n) is 13.5. The van der Waals surface area contributed by atoms with Gasteiger partial charge in [-0.25, -0.2) is 0 Å². The zero-order valence-corrected chi connectivity index (χ0v) is 13.5. The van der Waals surface area contributed by atoms with Crippen molar-refractivity contribution in [1.29, 1.82) is 0 Å². The summed E-state index contributed by atoms with van der Waals surface area (Å²) in [6.07, 6.45) is 3.35. The highest BCUT2D eigenvalue weighted by molar-refractivity contribution is 5.95. The molecule has 0 spiro atoms. The van der Waals surface area contributed by atoms with E-state index >= 15 is 0 Å². The number of aromatic nitrogens is 1. The first-order valence-electron chi connectivity index (χ1n) is 7.79. The Bertz CT molecular complexity index is 689. The molecule has 1 N–H and O–H groups in total. The highest BCUT2D eigenvalue weighted by atomic mass is 16.5. The van der Waals surface area contributed by atoms with Crippen LogP contribution in [0.3, 0.4) is 0 Å². The smallest absolute Gasteiger partial charge is 0.255 e. The van der Waals surface area contributed by atoms with Gasteiger partial charge in [0.25, 0.3) is 5.91 Å². The van der Waals surface area contributed by atoms with E-state index in [4.69, 9.17) is 4.74 Å². The van der Waals surface area contributed by atoms with Gasteiger partial charge < -0.3 is 15.0 Å². The van der Waals surface area contributed by atoms with Crippen LogP contribution in [-0.4, -0.2) is 42.1 Å². The van der Waals surface area contributed by atoms with Crippen molar-refractivity contribution in [1.82, 2.24) is 9.88 Å². The number of aryl methyl sites for hydroxylation is 2. The molecule has 2 aromatic rings. The summed E-state index contributed by atoms with van der Waals surface area (Å²) in [5, 5.41) is 3.33. The van der Waals surface area contributed by atoms with Crippen LogP contribution in [0.4, 0.5) is 11.4 Å². The van der Waals surface area contributed by atoms with E-state index in [1.54, 1.807) is 17.3 Å². The number of hydrogen-bond donors (Lipinski definition) is 1. The van der Waals surface area contributed by atoms with Crippen molar-refractivity contribution in [2.24, 2.45) is 0 Å². The number of carbonyl (C=O) groups is 1. The summed E-state index contributed by atoms with van der Waals surface area (Å²) in [6, 6.07) is 8.12. The molecule has 1 aliphatic rings. The molecule has 120 valence electrons. The molecule has 2 heterocycles. The molecule has 23 heavy (non-hydrogen) atoms. The predicted octanol–water partition coefficient (Wildman–Crippen LogP) is 2.91. The summed E-state index contributed by atoms with van der Waals surface area (Å²) in [4.78, 5) is 18.5. The van der Waals surface area contributed by atoms with Gasteiger partial charge in [0.05, 0.1) is 30.7 Å². The molecule has 1 fully saturated rings. The maximum Gasteiger partial charge on any atom is 0.255 e. The third-order valence-corrected chi connectivity index (χ3v) is 3.79. The monoisotopic (exact) mass is 311 g/mol. The van der Waals surface area contributed by atoms with Crippen molar-refractivity contribution in [3.8, 4) is 0 Å². The van der Waals surface area contributed by atoms with Gasteiger partial charge >= 0.3 is 0 Å². The number of morpholine rings is 1. The number of pyridine rings is 1. The second kappa shape index (κ2) is 6.79. The fourth-order valence-electron chi connectivity index (χ4n) is 2.79. The van der Waals surface area contributed by atoms with Gasteiger partial charge in [-0.15, -0.1) is 0 Å². The standard InChI is InChI=1S/C18H21N3O2/c1-13-7-14(2)9-16(8-13)20-17-10-15(11-19-12-17)18(22)21-3-5-23-6-4-21/h7-12,20H,3-6H2,1-2H3. The van der Waals surface area contributed by atoms with Crippen LogP contribution in [0.25, 0.3) is 0 Å². The maximum atomic E-state index is 12.5. The number of benzene rings is 1. The minimum atomic E-state index is 0.00451. The number of amides is 1. The molecule has 1 aromatic heterocycles. The Labute approximate surface area is 136 Å². The summed E-state index contributed by atoms with van der Waals surface area (Å²) in [6.45, 7) is 6.59. The lowest BCUT2D eigenvalue weighted by Gasteiger charge is -2.26. The Hall–Kier alpha value is -2.40. The van der Waals surface area contributed by atoms with Gasteiger partial charge in [-0.2, -0.15) is 0 Å². The first-order valence-corrected chi connectivity index (χ1v) is 7.79. The molecule has 0 unspecified atom stereocenters. The van der Waals surface area contributed by atoms with Gasteiger partial charge in [0.15, 0.2) is 0 Å².